The monoisotopic (exact) mass is 394 g/mol. The molecule has 0 atom stereocenters. The fourth-order valence-electron chi connectivity index (χ4n) is 3.87. The number of carbonyl (C=O) groups is 2. The summed E-state index contributed by atoms with van der Waals surface area (Å²) in [5.41, 5.74) is 1.18. The minimum absolute atomic E-state index is 0.0392. The first-order valence-corrected chi connectivity index (χ1v) is 9.71. The molecule has 0 unspecified atom stereocenters. The van der Waals surface area contributed by atoms with E-state index in [-0.39, 0.29) is 5.91 Å². The highest BCUT2D eigenvalue weighted by Gasteiger charge is 2.43. The number of fused-ring (bicyclic) bond motifs is 2. The average molecular weight is 395 g/mol. The van der Waals surface area contributed by atoms with Crippen molar-refractivity contribution >= 4 is 34.8 Å². The highest BCUT2D eigenvalue weighted by molar-refractivity contribution is 7.14. The van der Waals surface area contributed by atoms with Gasteiger partial charge in [-0.2, -0.15) is 0 Å². The highest BCUT2D eigenvalue weighted by atomic mass is 35.5. The molecule has 4 heterocycles. The maximum absolute atomic E-state index is 12.8. The van der Waals surface area contributed by atoms with E-state index in [4.69, 9.17) is 16.3 Å². The molecule has 6 nitrogen and oxygen atoms in total. The zero-order valence-electron chi connectivity index (χ0n) is 14.3. The van der Waals surface area contributed by atoms with E-state index in [0.717, 1.165) is 16.9 Å². The van der Waals surface area contributed by atoms with E-state index >= 15 is 0 Å². The van der Waals surface area contributed by atoms with Gasteiger partial charge in [0, 0.05) is 31.2 Å². The third kappa shape index (κ3) is 2.84. The van der Waals surface area contributed by atoms with Gasteiger partial charge in [-0.05, 0) is 37.0 Å². The lowest BCUT2D eigenvalue weighted by molar-refractivity contribution is -0.0906. The Hall–Kier alpha value is -1.83. The Morgan fingerprint density at radius 1 is 1.31 bits per heavy atom. The first-order valence-electron chi connectivity index (χ1n) is 8.51. The van der Waals surface area contributed by atoms with Crippen LogP contribution in [0.15, 0.2) is 18.3 Å². The van der Waals surface area contributed by atoms with Crippen molar-refractivity contribution in [1.82, 2.24) is 9.47 Å². The molecule has 0 aliphatic carbocycles. The number of aryl methyl sites for hydroxylation is 1. The minimum atomic E-state index is -0.896. The van der Waals surface area contributed by atoms with Gasteiger partial charge < -0.3 is 19.3 Å². The molecule has 1 spiro atoms. The summed E-state index contributed by atoms with van der Waals surface area (Å²) in [4.78, 5) is 27.3. The number of carboxylic acids is 1. The van der Waals surface area contributed by atoms with Gasteiger partial charge in [0.25, 0.3) is 5.91 Å². The number of ether oxygens (including phenoxy) is 1. The second-order valence-corrected chi connectivity index (χ2v) is 8.30. The highest BCUT2D eigenvalue weighted by Crippen LogP contribution is 2.45. The van der Waals surface area contributed by atoms with Crippen LogP contribution in [0, 0.1) is 0 Å². The molecule has 2 aromatic heterocycles. The summed E-state index contributed by atoms with van der Waals surface area (Å²) in [6.07, 6.45) is 3.80. The molecule has 0 saturated carbocycles. The van der Waals surface area contributed by atoms with Gasteiger partial charge >= 0.3 is 5.97 Å². The lowest BCUT2D eigenvalue weighted by Gasteiger charge is -2.43. The van der Waals surface area contributed by atoms with Crippen molar-refractivity contribution in [2.45, 2.75) is 24.9 Å². The van der Waals surface area contributed by atoms with Crippen molar-refractivity contribution in [3.05, 3.63) is 44.4 Å². The molecule has 8 heteroatoms. The van der Waals surface area contributed by atoms with Gasteiger partial charge in [-0.15, -0.1) is 11.3 Å². The zero-order valence-corrected chi connectivity index (χ0v) is 15.9. The van der Waals surface area contributed by atoms with Gasteiger partial charge in [-0.25, -0.2) is 4.79 Å². The van der Waals surface area contributed by atoms with Crippen LogP contribution in [0.2, 0.25) is 5.02 Å². The molecule has 1 amide bonds. The number of nitrogens with zero attached hydrogens (tertiary/aromatic N) is 2. The summed E-state index contributed by atoms with van der Waals surface area (Å²) in [6, 6.07) is 3.46. The van der Waals surface area contributed by atoms with E-state index in [1.54, 1.807) is 29.9 Å². The SMILES string of the molecule is Cn1cc(Cl)cc1C(=O)N1CCC2(CC1)OCCc1cc(C(=O)O)sc12. The molecule has 4 rings (SSSR count). The summed E-state index contributed by atoms with van der Waals surface area (Å²) in [6.45, 7) is 1.73. The fraction of sp³-hybridized carbons (Fsp3) is 0.444. The molecule has 0 aromatic carbocycles. The lowest BCUT2D eigenvalue weighted by Crippen LogP contribution is -2.48. The summed E-state index contributed by atoms with van der Waals surface area (Å²) < 4.78 is 7.88. The van der Waals surface area contributed by atoms with Crippen LogP contribution in [0.3, 0.4) is 0 Å². The number of hydrogen-bond acceptors (Lipinski definition) is 4. The normalized spacial score (nSPS) is 18.8. The number of carbonyl (C=O) groups excluding carboxylic acids is 1. The Balaban J connectivity index is 1.55. The van der Waals surface area contributed by atoms with Crippen LogP contribution in [-0.2, 0) is 23.8 Å². The third-order valence-corrected chi connectivity index (χ3v) is 6.79. The minimum Gasteiger partial charge on any atom is -0.477 e. The number of aromatic nitrogens is 1. The number of carboxylic acid groups (broad SMARTS) is 1. The van der Waals surface area contributed by atoms with E-state index in [9.17, 15) is 14.7 Å². The lowest BCUT2D eigenvalue weighted by atomic mass is 9.85. The standard InChI is InChI=1S/C18H19ClN2O4S/c1-20-10-12(19)9-13(20)16(22)21-5-3-18(4-6-21)15-11(2-7-25-18)8-14(26-15)17(23)24/h8-10H,2-7H2,1H3,(H,23,24). The van der Waals surface area contributed by atoms with Crippen molar-refractivity contribution in [2.24, 2.45) is 7.05 Å². The molecule has 26 heavy (non-hydrogen) atoms. The second-order valence-electron chi connectivity index (χ2n) is 6.81. The maximum Gasteiger partial charge on any atom is 0.345 e. The quantitative estimate of drug-likeness (QED) is 0.849. The molecular weight excluding hydrogens is 376 g/mol. The number of amides is 1. The number of aromatic carboxylic acids is 1. The van der Waals surface area contributed by atoms with Crippen LogP contribution in [0.4, 0.5) is 0 Å². The van der Waals surface area contributed by atoms with Crippen molar-refractivity contribution in [2.75, 3.05) is 19.7 Å². The molecule has 0 radical (unpaired) electrons. The smallest absolute Gasteiger partial charge is 0.345 e. The molecule has 2 aliphatic rings. The topological polar surface area (TPSA) is 71.8 Å². The molecule has 1 N–H and O–H groups in total. The van der Waals surface area contributed by atoms with E-state index in [2.05, 4.69) is 0 Å². The first kappa shape index (κ1) is 17.6. The van der Waals surface area contributed by atoms with Crippen molar-refractivity contribution in [3.8, 4) is 0 Å². The van der Waals surface area contributed by atoms with Gasteiger partial charge in [0.15, 0.2) is 0 Å². The number of rotatable bonds is 2. The molecule has 2 aromatic rings. The second kappa shape index (κ2) is 6.40. The molecule has 1 saturated heterocycles. The largest absolute Gasteiger partial charge is 0.477 e. The average Bonchev–Trinajstić information content (AvgIpc) is 3.19. The predicted molar refractivity (Wildman–Crippen MR) is 98.2 cm³/mol. The van der Waals surface area contributed by atoms with Gasteiger partial charge in [0.1, 0.15) is 16.2 Å². The fourth-order valence-corrected chi connectivity index (χ4v) is 5.37. The Bertz CT molecular complexity index is 880. The summed E-state index contributed by atoms with van der Waals surface area (Å²) in [5, 5.41) is 9.84. The van der Waals surface area contributed by atoms with Crippen molar-refractivity contribution in [1.29, 1.82) is 0 Å². The first-order chi connectivity index (χ1) is 12.4. The zero-order chi connectivity index (χ0) is 18.5. The van der Waals surface area contributed by atoms with Crippen LogP contribution >= 0.6 is 22.9 Å². The Morgan fingerprint density at radius 2 is 2.04 bits per heavy atom. The molecule has 0 bridgehead atoms. The van der Waals surface area contributed by atoms with E-state index in [1.807, 2.05) is 4.90 Å². The van der Waals surface area contributed by atoms with Crippen LogP contribution in [-0.4, -0.2) is 46.1 Å². The predicted octanol–water partition coefficient (Wildman–Crippen LogP) is 3.14. The number of piperidine rings is 1. The van der Waals surface area contributed by atoms with E-state index in [0.29, 0.717) is 48.1 Å². The van der Waals surface area contributed by atoms with Gasteiger partial charge in [0.05, 0.1) is 11.6 Å². The third-order valence-electron chi connectivity index (χ3n) is 5.23. The maximum atomic E-state index is 12.8. The van der Waals surface area contributed by atoms with Crippen LogP contribution in [0.5, 0.6) is 0 Å². The van der Waals surface area contributed by atoms with Gasteiger partial charge in [-0.1, -0.05) is 11.6 Å². The van der Waals surface area contributed by atoms with Crippen molar-refractivity contribution < 1.29 is 19.4 Å². The summed E-state index contributed by atoms with van der Waals surface area (Å²) in [7, 11) is 1.81. The van der Waals surface area contributed by atoms with Crippen molar-refractivity contribution in [3.63, 3.8) is 0 Å². The summed E-state index contributed by atoms with van der Waals surface area (Å²) >= 11 is 7.30. The van der Waals surface area contributed by atoms with Crippen LogP contribution in [0.25, 0.3) is 0 Å². The molecular formula is C18H19ClN2O4S. The molecule has 138 valence electrons. The Labute approximate surface area is 159 Å². The van der Waals surface area contributed by atoms with Gasteiger partial charge in [0.2, 0.25) is 0 Å². The van der Waals surface area contributed by atoms with Crippen LogP contribution < -0.4 is 0 Å². The van der Waals surface area contributed by atoms with Gasteiger partial charge in [-0.3, -0.25) is 4.79 Å². The Kier molecular flexibility index (Phi) is 4.33. The number of halogens is 1. The summed E-state index contributed by atoms with van der Waals surface area (Å²) in [5.74, 6) is -0.935. The van der Waals surface area contributed by atoms with E-state index in [1.165, 1.54) is 11.3 Å². The van der Waals surface area contributed by atoms with E-state index < -0.39 is 11.6 Å². The van der Waals surface area contributed by atoms with Crippen LogP contribution in [0.1, 0.15) is 43.4 Å². The number of hydrogen-bond donors (Lipinski definition) is 1. The molecule has 2 aliphatic heterocycles. The Morgan fingerprint density at radius 3 is 2.65 bits per heavy atom. The number of thiophene rings is 1. The molecule has 1 fully saturated rings. The number of likely N-dealkylation sites (tertiary alicyclic amines) is 1.